The van der Waals surface area contributed by atoms with Crippen molar-refractivity contribution in [2.24, 2.45) is 0 Å². The Hall–Kier alpha value is 0.429. The molecule has 5 unspecified atom stereocenters. The number of hydrogen-bond acceptors (Lipinski definition) is 2. The fourth-order valence-corrected chi connectivity index (χ4v) is 96.4. The molecule has 0 radical (unpaired) electrons. The summed E-state index contributed by atoms with van der Waals surface area (Å²) < 4.78 is 33.4. The summed E-state index contributed by atoms with van der Waals surface area (Å²) in [4.78, 5) is 9.94. The van der Waals surface area contributed by atoms with Crippen molar-refractivity contribution in [3.8, 4) is 0 Å². The van der Waals surface area contributed by atoms with Gasteiger partial charge in [-0.3, -0.25) is 0 Å². The minimum absolute atomic E-state index is 0.298. The first-order valence-electron chi connectivity index (χ1n) is 6.88. The zero-order valence-electron chi connectivity index (χ0n) is 9.30. The Morgan fingerprint density at radius 3 is 1.59 bits per heavy atom. The second-order valence-electron chi connectivity index (χ2n) is 10.9. The van der Waals surface area contributed by atoms with E-state index in [0.717, 1.165) is 43.3 Å². The van der Waals surface area contributed by atoms with Crippen LogP contribution in [0.4, 0.5) is 0 Å². The quantitative estimate of drug-likeness (QED) is 0.629. The molecule has 10 heterocycles. The van der Waals surface area contributed by atoms with Crippen molar-refractivity contribution in [2.45, 2.75) is 59.8 Å². The number of fused-ring (bicyclic) bond motifs is 10. The molecule has 10 fully saturated rings. The maximum atomic E-state index is 11.8. The molecule has 5 heteroatoms. The van der Waals surface area contributed by atoms with E-state index in [1.807, 2.05) is 6.92 Å². The van der Waals surface area contributed by atoms with Crippen LogP contribution in [-0.2, 0) is 16.6 Å². The van der Waals surface area contributed by atoms with E-state index in [-0.39, 0.29) is 5.25 Å². The van der Waals surface area contributed by atoms with E-state index in [2.05, 4.69) is 0 Å². The topological polar surface area (TPSA) is 54.4 Å². The molecule has 10 saturated heterocycles. The summed E-state index contributed by atoms with van der Waals surface area (Å²) in [6, 6.07) is 0. The first-order chi connectivity index (χ1) is 7.70. The normalized spacial score (nSPS) is 122. The molecule has 94 valence electrons. The van der Waals surface area contributed by atoms with Crippen molar-refractivity contribution in [1.82, 2.24) is 0 Å². The second kappa shape index (κ2) is 0.512. The van der Waals surface area contributed by atoms with E-state index in [4.69, 9.17) is 0 Å². The summed E-state index contributed by atoms with van der Waals surface area (Å²) in [6.07, 6.45) is 0. The van der Waals surface area contributed by atoms with Crippen LogP contribution in [0.1, 0.15) is 6.92 Å². The van der Waals surface area contributed by atoms with Crippen LogP contribution < -0.4 is 0 Å². The van der Waals surface area contributed by atoms with Crippen LogP contribution in [0, 0.1) is 0 Å². The van der Waals surface area contributed by atoms with Crippen molar-refractivity contribution in [2.75, 3.05) is 0 Å². The number of rotatable bonds is 2. The summed E-state index contributed by atoms with van der Waals surface area (Å²) in [5.41, 5.74) is 0. The molecule has 0 aromatic rings. The van der Waals surface area contributed by atoms with E-state index < -0.39 is 16.6 Å². The van der Waals surface area contributed by atoms with E-state index in [1.54, 1.807) is 0 Å². The van der Waals surface area contributed by atoms with Crippen molar-refractivity contribution < 1.29 is 19.5 Å². The SMILES string of the molecule is CC([C]12[CH]3[CH]4[CH]5[CH]1[Fe]45321678[CH]2[CH]1[CH]6[CH]7[CH]28)S(=O)(=O)O. The van der Waals surface area contributed by atoms with Crippen molar-refractivity contribution in [3.05, 3.63) is 0 Å². The van der Waals surface area contributed by atoms with Gasteiger partial charge in [-0.1, -0.05) is 0 Å². The van der Waals surface area contributed by atoms with Crippen LogP contribution in [0.3, 0.4) is 0 Å². The van der Waals surface area contributed by atoms with Gasteiger partial charge in [-0.05, 0) is 0 Å². The summed E-state index contributed by atoms with van der Waals surface area (Å²) >= 11 is 0. The molecule has 1 spiro atoms. The fraction of sp³-hybridized carbons (Fsp3) is 1.00. The zero-order chi connectivity index (χ0) is 11.1. The Labute approximate surface area is 89.4 Å². The predicted molar refractivity (Wildman–Crippen MR) is 57.5 cm³/mol. The number of hydrogen-bond donors (Lipinski definition) is 1. The average molecular weight is 294 g/mol. The molecule has 1 N–H and O–H groups in total. The molecule has 0 bridgehead atoms. The Kier molecular flexibility index (Phi) is 0.203. The Morgan fingerprint density at radius 1 is 1.00 bits per heavy atom. The summed E-state index contributed by atoms with van der Waals surface area (Å²) in [6.45, 7) is -1.41. The molecule has 0 aromatic carbocycles. The molecule has 0 aliphatic carbocycles. The van der Waals surface area contributed by atoms with Crippen LogP contribution in [-0.4, -0.2) is 18.2 Å². The monoisotopic (exact) mass is 294 g/mol. The minimum atomic E-state index is -3.79. The molecule has 0 aromatic heterocycles. The summed E-state index contributed by atoms with van der Waals surface area (Å²) in [5.74, 6) is 0. The third-order valence-electron chi connectivity index (χ3n) is 15.9. The predicted octanol–water partition coefficient (Wildman–Crippen LogP) is 3.02. The molecular formula is C12H14FeO3S. The van der Waals surface area contributed by atoms with Gasteiger partial charge in [-0.25, -0.2) is 0 Å². The van der Waals surface area contributed by atoms with Gasteiger partial charge >= 0.3 is 89.4 Å². The van der Waals surface area contributed by atoms with Crippen molar-refractivity contribution in [1.29, 1.82) is 0 Å². The molecule has 10 rings (SSSR count). The standard InChI is InChI=1S/C7H9O3S.C5H5.Fe/c1-6(11(8,9)10)7-4-2-3-5-7;1-2-4-5-3-1;/h2-6H,1H3,(H,8,9,10);1-5H;. The molecule has 0 saturated carbocycles. The third kappa shape index (κ3) is 0.0673. The van der Waals surface area contributed by atoms with E-state index in [1.165, 1.54) is 0 Å². The van der Waals surface area contributed by atoms with Crippen LogP contribution >= 0.6 is 0 Å². The van der Waals surface area contributed by atoms with E-state index >= 15 is 0 Å². The van der Waals surface area contributed by atoms with Gasteiger partial charge in [0.1, 0.15) is 0 Å². The zero-order valence-corrected chi connectivity index (χ0v) is 11.2. The molecule has 10 aliphatic heterocycles. The van der Waals surface area contributed by atoms with Gasteiger partial charge in [-0.2, -0.15) is 0 Å². The Bertz CT molecular complexity index is 1020. The van der Waals surface area contributed by atoms with Gasteiger partial charge in [-0.15, -0.1) is 0 Å². The van der Waals surface area contributed by atoms with Crippen molar-refractivity contribution >= 4 is 10.1 Å². The van der Waals surface area contributed by atoms with Gasteiger partial charge in [0.05, 0.1) is 0 Å². The average Bonchev–Trinajstić information content (AvgIpc) is 3.20. The van der Waals surface area contributed by atoms with Crippen LogP contribution in [0.25, 0.3) is 0 Å². The first kappa shape index (κ1) is 6.74. The van der Waals surface area contributed by atoms with Crippen LogP contribution in [0.2, 0.25) is 47.7 Å². The van der Waals surface area contributed by atoms with Gasteiger partial charge in [0.2, 0.25) is 0 Å². The van der Waals surface area contributed by atoms with Gasteiger partial charge in [0, 0.05) is 0 Å². The molecule has 5 atom stereocenters. The Morgan fingerprint density at radius 2 is 1.41 bits per heavy atom. The van der Waals surface area contributed by atoms with Gasteiger partial charge in [0.25, 0.3) is 0 Å². The summed E-state index contributed by atoms with van der Waals surface area (Å²) in [5, 5.41) is -0.371. The van der Waals surface area contributed by atoms with E-state index in [9.17, 15) is 13.0 Å². The molecular weight excluding hydrogens is 280 g/mol. The first-order valence-corrected chi connectivity index (χ1v) is 14.7. The van der Waals surface area contributed by atoms with E-state index in [0.29, 0.717) is 4.31 Å². The van der Waals surface area contributed by atoms with Gasteiger partial charge in [0.15, 0.2) is 0 Å². The van der Waals surface area contributed by atoms with Gasteiger partial charge < -0.3 is 0 Å². The maximum absolute atomic E-state index is 11.8. The third-order valence-corrected chi connectivity index (χ3v) is 60.1. The fourth-order valence-electron chi connectivity index (χ4n) is 17.7. The van der Waals surface area contributed by atoms with Crippen LogP contribution in [0.15, 0.2) is 0 Å². The van der Waals surface area contributed by atoms with Crippen LogP contribution in [0.5, 0.6) is 0 Å². The molecule has 17 heavy (non-hydrogen) atoms. The Balaban J connectivity index is 1.64. The molecule has 10 aliphatic rings. The molecule has 3 nitrogen and oxygen atoms in total. The second-order valence-corrected chi connectivity index (χ2v) is 36.2. The van der Waals surface area contributed by atoms with Crippen molar-refractivity contribution in [3.63, 3.8) is 0 Å². The molecule has 0 amide bonds. The summed E-state index contributed by atoms with van der Waals surface area (Å²) in [7, 11) is -3.79.